The van der Waals surface area contributed by atoms with Crippen molar-refractivity contribution in [1.29, 1.82) is 0 Å². The van der Waals surface area contributed by atoms with Crippen LogP contribution in [-0.4, -0.2) is 17.2 Å². The van der Waals surface area contributed by atoms with Crippen LogP contribution in [0.3, 0.4) is 0 Å². The summed E-state index contributed by atoms with van der Waals surface area (Å²) in [5, 5.41) is 8.58. The summed E-state index contributed by atoms with van der Waals surface area (Å²) < 4.78 is 5.13. The van der Waals surface area contributed by atoms with Crippen LogP contribution in [0.5, 0.6) is 0 Å². The summed E-state index contributed by atoms with van der Waals surface area (Å²) in [5.74, 6) is -0.933. The van der Waals surface area contributed by atoms with E-state index in [4.69, 9.17) is 9.84 Å². The molecule has 0 aliphatic heterocycles. The van der Waals surface area contributed by atoms with Crippen molar-refractivity contribution in [3.8, 4) is 0 Å². The quantitative estimate of drug-likeness (QED) is 0.797. The molecule has 1 aromatic carbocycles. The fraction of sp³-hybridized carbons (Fsp3) is 0.364. The molecule has 0 aliphatic rings. The number of carboxylic acid groups (broad SMARTS) is 1. The lowest BCUT2D eigenvalue weighted by molar-refractivity contribution is -0.149. The Morgan fingerprint density at radius 2 is 2.00 bits per heavy atom. The van der Waals surface area contributed by atoms with Crippen LogP contribution in [0.15, 0.2) is 24.3 Å². The third kappa shape index (κ3) is 3.18. The van der Waals surface area contributed by atoms with Gasteiger partial charge in [0, 0.05) is 0 Å². The number of benzene rings is 1. The SMILES string of the molecule is Cc1ccc(CO[C@@H](C)C(=O)O)cc1. The van der Waals surface area contributed by atoms with E-state index in [2.05, 4.69) is 0 Å². The van der Waals surface area contributed by atoms with Crippen LogP contribution in [0.25, 0.3) is 0 Å². The molecule has 1 rings (SSSR count). The Balaban J connectivity index is 2.46. The molecule has 0 saturated heterocycles. The molecular weight excluding hydrogens is 180 g/mol. The molecule has 3 nitrogen and oxygen atoms in total. The molecule has 14 heavy (non-hydrogen) atoms. The van der Waals surface area contributed by atoms with Crippen molar-refractivity contribution in [2.24, 2.45) is 0 Å². The highest BCUT2D eigenvalue weighted by molar-refractivity contribution is 5.71. The molecule has 0 bridgehead atoms. The Kier molecular flexibility index (Phi) is 3.65. The van der Waals surface area contributed by atoms with Crippen molar-refractivity contribution < 1.29 is 14.6 Å². The standard InChI is InChI=1S/C11H14O3/c1-8-3-5-10(6-4-8)7-14-9(2)11(12)13/h3-6,9H,7H2,1-2H3,(H,12,13)/t9-/m0/s1. The fourth-order valence-corrected chi connectivity index (χ4v) is 0.977. The summed E-state index contributed by atoms with van der Waals surface area (Å²) in [6.45, 7) is 3.87. The van der Waals surface area contributed by atoms with Crippen molar-refractivity contribution in [2.45, 2.75) is 26.6 Å². The number of hydrogen-bond acceptors (Lipinski definition) is 2. The van der Waals surface area contributed by atoms with Gasteiger partial charge in [0.15, 0.2) is 6.10 Å². The number of aliphatic carboxylic acids is 1. The fourth-order valence-electron chi connectivity index (χ4n) is 0.977. The van der Waals surface area contributed by atoms with E-state index in [0.717, 1.165) is 5.56 Å². The first-order valence-electron chi connectivity index (χ1n) is 4.49. The van der Waals surface area contributed by atoms with Crippen LogP contribution >= 0.6 is 0 Å². The van der Waals surface area contributed by atoms with Gasteiger partial charge in [-0.25, -0.2) is 4.79 Å². The second kappa shape index (κ2) is 4.77. The predicted molar refractivity (Wildman–Crippen MR) is 53.1 cm³/mol. The number of hydrogen-bond donors (Lipinski definition) is 1. The van der Waals surface area contributed by atoms with E-state index >= 15 is 0 Å². The maximum Gasteiger partial charge on any atom is 0.332 e. The Labute approximate surface area is 83.3 Å². The van der Waals surface area contributed by atoms with Gasteiger partial charge in [-0.1, -0.05) is 29.8 Å². The van der Waals surface area contributed by atoms with Crippen molar-refractivity contribution in [2.75, 3.05) is 0 Å². The van der Waals surface area contributed by atoms with Gasteiger partial charge < -0.3 is 9.84 Å². The number of carbonyl (C=O) groups is 1. The molecule has 76 valence electrons. The van der Waals surface area contributed by atoms with Crippen LogP contribution in [-0.2, 0) is 16.1 Å². The third-order valence-corrected chi connectivity index (χ3v) is 1.97. The zero-order valence-corrected chi connectivity index (χ0v) is 8.36. The van der Waals surface area contributed by atoms with Crippen LogP contribution < -0.4 is 0 Å². The van der Waals surface area contributed by atoms with Crippen LogP contribution in [0.2, 0.25) is 0 Å². The average Bonchev–Trinajstić information content (AvgIpc) is 2.16. The first-order valence-corrected chi connectivity index (χ1v) is 4.49. The molecular formula is C11H14O3. The van der Waals surface area contributed by atoms with Crippen LogP contribution in [0.4, 0.5) is 0 Å². The third-order valence-electron chi connectivity index (χ3n) is 1.97. The minimum atomic E-state index is -0.933. The summed E-state index contributed by atoms with van der Waals surface area (Å²) >= 11 is 0. The van der Waals surface area contributed by atoms with Gasteiger partial charge in [-0.05, 0) is 19.4 Å². The Morgan fingerprint density at radius 1 is 1.43 bits per heavy atom. The molecule has 0 unspecified atom stereocenters. The largest absolute Gasteiger partial charge is 0.479 e. The lowest BCUT2D eigenvalue weighted by Gasteiger charge is -2.08. The van der Waals surface area contributed by atoms with Gasteiger partial charge in [0.05, 0.1) is 6.61 Å². The molecule has 0 radical (unpaired) electrons. The highest BCUT2D eigenvalue weighted by Gasteiger charge is 2.10. The normalized spacial score (nSPS) is 12.4. The average molecular weight is 194 g/mol. The molecule has 0 aromatic heterocycles. The van der Waals surface area contributed by atoms with E-state index in [0.29, 0.717) is 6.61 Å². The van der Waals surface area contributed by atoms with Gasteiger partial charge in [-0.15, -0.1) is 0 Å². The Hall–Kier alpha value is -1.35. The molecule has 0 amide bonds. The zero-order chi connectivity index (χ0) is 10.6. The summed E-state index contributed by atoms with van der Waals surface area (Å²) in [6, 6.07) is 7.82. The van der Waals surface area contributed by atoms with Gasteiger partial charge in [-0.2, -0.15) is 0 Å². The van der Waals surface area contributed by atoms with Crippen molar-refractivity contribution in [1.82, 2.24) is 0 Å². The van der Waals surface area contributed by atoms with Gasteiger partial charge in [0.1, 0.15) is 0 Å². The van der Waals surface area contributed by atoms with E-state index in [1.165, 1.54) is 12.5 Å². The molecule has 1 N–H and O–H groups in total. The maximum absolute atomic E-state index is 10.4. The number of rotatable bonds is 4. The number of carboxylic acids is 1. The lowest BCUT2D eigenvalue weighted by Crippen LogP contribution is -2.19. The van der Waals surface area contributed by atoms with E-state index in [1.54, 1.807) is 0 Å². The van der Waals surface area contributed by atoms with Crippen LogP contribution in [0.1, 0.15) is 18.1 Å². The van der Waals surface area contributed by atoms with Gasteiger partial charge in [0.2, 0.25) is 0 Å². The molecule has 1 atom stereocenters. The second-order valence-electron chi connectivity index (χ2n) is 3.28. The summed E-state index contributed by atoms with van der Waals surface area (Å²) in [4.78, 5) is 10.4. The van der Waals surface area contributed by atoms with Gasteiger partial charge in [0.25, 0.3) is 0 Å². The highest BCUT2D eigenvalue weighted by Crippen LogP contribution is 2.06. The van der Waals surface area contributed by atoms with E-state index in [-0.39, 0.29) is 0 Å². The molecule has 0 saturated carbocycles. The predicted octanol–water partition coefficient (Wildman–Crippen LogP) is 1.98. The molecule has 1 aromatic rings. The molecule has 0 spiro atoms. The van der Waals surface area contributed by atoms with Crippen molar-refractivity contribution in [3.05, 3.63) is 35.4 Å². The Morgan fingerprint density at radius 3 is 2.50 bits per heavy atom. The summed E-state index contributed by atoms with van der Waals surface area (Å²) in [5.41, 5.74) is 2.17. The number of aryl methyl sites for hydroxylation is 1. The minimum absolute atomic E-state index is 0.341. The summed E-state index contributed by atoms with van der Waals surface area (Å²) in [7, 11) is 0. The summed E-state index contributed by atoms with van der Waals surface area (Å²) in [6.07, 6.45) is -0.753. The number of ether oxygens (including phenoxy) is 1. The Bertz CT molecular complexity index is 303. The van der Waals surface area contributed by atoms with E-state index in [9.17, 15) is 4.79 Å². The molecule has 0 aliphatic carbocycles. The molecule has 3 heteroatoms. The molecule has 0 heterocycles. The van der Waals surface area contributed by atoms with E-state index < -0.39 is 12.1 Å². The monoisotopic (exact) mass is 194 g/mol. The minimum Gasteiger partial charge on any atom is -0.479 e. The van der Waals surface area contributed by atoms with Crippen LogP contribution in [0, 0.1) is 6.92 Å². The zero-order valence-electron chi connectivity index (χ0n) is 8.36. The smallest absolute Gasteiger partial charge is 0.332 e. The van der Waals surface area contributed by atoms with E-state index in [1.807, 2.05) is 31.2 Å². The first kappa shape index (κ1) is 10.7. The maximum atomic E-state index is 10.4. The van der Waals surface area contributed by atoms with Gasteiger partial charge in [-0.3, -0.25) is 0 Å². The highest BCUT2D eigenvalue weighted by atomic mass is 16.5. The first-order chi connectivity index (χ1) is 6.59. The topological polar surface area (TPSA) is 46.5 Å². The van der Waals surface area contributed by atoms with Crippen molar-refractivity contribution in [3.63, 3.8) is 0 Å². The lowest BCUT2D eigenvalue weighted by atomic mass is 10.2. The molecule has 0 fully saturated rings. The second-order valence-corrected chi connectivity index (χ2v) is 3.28. The van der Waals surface area contributed by atoms with Crippen molar-refractivity contribution >= 4 is 5.97 Å². The van der Waals surface area contributed by atoms with Gasteiger partial charge >= 0.3 is 5.97 Å².